The number of guanidine groups is 1. The molecule has 1 aliphatic rings. The first-order chi connectivity index (χ1) is 14.1. The van der Waals surface area contributed by atoms with E-state index in [2.05, 4.69) is 9.71 Å². The summed E-state index contributed by atoms with van der Waals surface area (Å²) >= 11 is 0. The molecule has 0 spiro atoms. The summed E-state index contributed by atoms with van der Waals surface area (Å²) in [5.41, 5.74) is 11.4. The van der Waals surface area contributed by atoms with Crippen LogP contribution >= 0.6 is 0 Å². The van der Waals surface area contributed by atoms with Crippen LogP contribution in [0.15, 0.2) is 34.2 Å². The van der Waals surface area contributed by atoms with Crippen LogP contribution in [0.5, 0.6) is 0 Å². The molecule has 0 bridgehead atoms. The summed E-state index contributed by atoms with van der Waals surface area (Å²) in [4.78, 5) is 31.8. The summed E-state index contributed by atoms with van der Waals surface area (Å²) in [7, 11) is -3.89. The van der Waals surface area contributed by atoms with Crippen molar-refractivity contribution in [1.82, 2.24) is 14.5 Å². The summed E-state index contributed by atoms with van der Waals surface area (Å²) in [6.45, 7) is 5.13. The fourth-order valence-corrected chi connectivity index (χ4v) is 4.56. The lowest BCUT2D eigenvalue weighted by Crippen LogP contribution is -2.55. The number of aryl methyl sites for hydroxylation is 1. The Morgan fingerprint density at radius 2 is 1.80 bits per heavy atom. The molecule has 1 atom stereocenters. The molecule has 0 radical (unpaired) electrons. The van der Waals surface area contributed by atoms with Crippen molar-refractivity contribution in [2.24, 2.45) is 16.5 Å². The van der Waals surface area contributed by atoms with Crippen molar-refractivity contribution < 1.29 is 18.0 Å². The number of nitrogens with two attached hydrogens (primary N) is 2. The predicted molar refractivity (Wildman–Crippen MR) is 114 cm³/mol. The van der Waals surface area contributed by atoms with Gasteiger partial charge in [0.15, 0.2) is 5.96 Å². The van der Waals surface area contributed by atoms with Gasteiger partial charge in [0.25, 0.3) is 0 Å². The number of amides is 2. The van der Waals surface area contributed by atoms with Crippen LogP contribution in [0.1, 0.15) is 25.3 Å². The van der Waals surface area contributed by atoms with Crippen molar-refractivity contribution in [1.29, 1.82) is 0 Å². The van der Waals surface area contributed by atoms with E-state index in [4.69, 9.17) is 11.5 Å². The Kier molecular flexibility index (Phi) is 8.18. The summed E-state index contributed by atoms with van der Waals surface area (Å²) in [6.07, 6.45) is 0.672. The Morgan fingerprint density at radius 1 is 1.17 bits per heavy atom. The van der Waals surface area contributed by atoms with Gasteiger partial charge in [0.05, 0.1) is 4.90 Å². The SMILES string of the molecule is CC(=O)N1CCN(C(=O)[C@H](CCCN=C(N)N)NS(=O)(=O)c2cccc(C)c2)CC1. The first-order valence-corrected chi connectivity index (χ1v) is 11.3. The van der Waals surface area contributed by atoms with E-state index in [1.807, 2.05) is 0 Å². The zero-order valence-electron chi connectivity index (χ0n) is 17.4. The van der Waals surface area contributed by atoms with E-state index in [1.54, 1.807) is 34.9 Å². The number of piperazine rings is 1. The maximum atomic E-state index is 13.1. The zero-order valence-corrected chi connectivity index (χ0v) is 18.2. The average Bonchev–Trinajstić information content (AvgIpc) is 2.69. The Bertz CT molecular complexity index is 890. The first kappa shape index (κ1) is 23.6. The molecule has 2 amide bonds. The van der Waals surface area contributed by atoms with E-state index in [0.29, 0.717) is 32.6 Å². The van der Waals surface area contributed by atoms with Gasteiger partial charge >= 0.3 is 0 Å². The minimum Gasteiger partial charge on any atom is -0.370 e. The van der Waals surface area contributed by atoms with Gasteiger partial charge in [-0.3, -0.25) is 14.6 Å². The van der Waals surface area contributed by atoms with E-state index >= 15 is 0 Å². The Balaban J connectivity index is 2.14. The standard InChI is InChI=1S/C19H30N6O4S/c1-14-5-3-6-16(13-14)30(28,29)23-17(7-4-8-22-19(20)21)18(27)25-11-9-24(10-12-25)15(2)26/h3,5-6,13,17,23H,4,7-12H2,1-2H3,(H4,20,21,22)/t17-/m0/s1. The smallest absolute Gasteiger partial charge is 0.241 e. The summed E-state index contributed by atoms with van der Waals surface area (Å²) in [6, 6.07) is 5.54. The largest absolute Gasteiger partial charge is 0.370 e. The number of sulfonamides is 1. The van der Waals surface area contributed by atoms with E-state index in [9.17, 15) is 18.0 Å². The third kappa shape index (κ3) is 6.70. The van der Waals surface area contributed by atoms with Gasteiger partial charge in [-0.2, -0.15) is 4.72 Å². The van der Waals surface area contributed by atoms with E-state index < -0.39 is 16.1 Å². The molecule has 1 aliphatic heterocycles. The van der Waals surface area contributed by atoms with Crippen LogP contribution in [0.25, 0.3) is 0 Å². The molecule has 2 rings (SSSR count). The molecule has 0 unspecified atom stereocenters. The van der Waals surface area contributed by atoms with Crippen molar-refractivity contribution >= 4 is 27.8 Å². The van der Waals surface area contributed by atoms with Gasteiger partial charge in [-0.1, -0.05) is 12.1 Å². The van der Waals surface area contributed by atoms with Crippen molar-refractivity contribution in [2.45, 2.75) is 37.6 Å². The van der Waals surface area contributed by atoms with Gasteiger partial charge in [0, 0.05) is 39.6 Å². The highest BCUT2D eigenvalue weighted by molar-refractivity contribution is 7.89. The molecule has 1 heterocycles. The van der Waals surface area contributed by atoms with Crippen molar-refractivity contribution in [3.63, 3.8) is 0 Å². The van der Waals surface area contributed by atoms with Gasteiger partial charge in [-0.05, 0) is 37.5 Å². The van der Waals surface area contributed by atoms with Gasteiger partial charge in [0.2, 0.25) is 21.8 Å². The number of nitrogens with one attached hydrogen (secondary N) is 1. The van der Waals surface area contributed by atoms with Crippen molar-refractivity contribution in [3.8, 4) is 0 Å². The van der Waals surface area contributed by atoms with Gasteiger partial charge in [-0.15, -0.1) is 0 Å². The molecule has 1 aromatic carbocycles. The molecule has 1 saturated heterocycles. The fourth-order valence-electron chi connectivity index (χ4n) is 3.24. The fraction of sp³-hybridized carbons (Fsp3) is 0.526. The van der Waals surface area contributed by atoms with Crippen molar-refractivity contribution in [2.75, 3.05) is 32.7 Å². The number of hydrogen-bond acceptors (Lipinski definition) is 5. The lowest BCUT2D eigenvalue weighted by Gasteiger charge is -2.36. The highest BCUT2D eigenvalue weighted by atomic mass is 32.2. The highest BCUT2D eigenvalue weighted by Crippen LogP contribution is 2.15. The topological polar surface area (TPSA) is 151 Å². The summed E-state index contributed by atoms with van der Waals surface area (Å²) in [5.74, 6) is -0.422. The van der Waals surface area contributed by atoms with Crippen LogP contribution in [0, 0.1) is 6.92 Å². The number of benzene rings is 1. The quantitative estimate of drug-likeness (QED) is 0.280. The van der Waals surface area contributed by atoms with E-state index in [-0.39, 0.29) is 35.6 Å². The van der Waals surface area contributed by atoms with E-state index in [1.165, 1.54) is 13.0 Å². The molecule has 166 valence electrons. The van der Waals surface area contributed by atoms with Crippen LogP contribution < -0.4 is 16.2 Å². The number of carbonyl (C=O) groups excluding carboxylic acids is 2. The number of rotatable bonds is 8. The first-order valence-electron chi connectivity index (χ1n) is 9.79. The molecule has 30 heavy (non-hydrogen) atoms. The zero-order chi connectivity index (χ0) is 22.3. The summed E-state index contributed by atoms with van der Waals surface area (Å²) < 4.78 is 28.3. The van der Waals surface area contributed by atoms with Crippen LogP contribution in [0.3, 0.4) is 0 Å². The highest BCUT2D eigenvalue weighted by Gasteiger charge is 2.31. The van der Waals surface area contributed by atoms with E-state index in [0.717, 1.165) is 5.56 Å². The minimum atomic E-state index is -3.89. The molecular formula is C19H30N6O4S. The number of hydrogen-bond donors (Lipinski definition) is 3. The second-order valence-corrected chi connectivity index (χ2v) is 8.98. The van der Waals surface area contributed by atoms with Gasteiger partial charge in [0.1, 0.15) is 6.04 Å². The lowest BCUT2D eigenvalue weighted by atomic mass is 10.1. The molecule has 1 fully saturated rings. The normalized spacial score (nSPS) is 15.5. The third-order valence-corrected chi connectivity index (χ3v) is 6.35. The van der Waals surface area contributed by atoms with Gasteiger partial charge in [-0.25, -0.2) is 8.42 Å². The Morgan fingerprint density at radius 3 is 2.37 bits per heavy atom. The Labute approximate surface area is 177 Å². The second-order valence-electron chi connectivity index (χ2n) is 7.27. The van der Waals surface area contributed by atoms with Crippen LogP contribution in [-0.2, 0) is 19.6 Å². The second kappa shape index (κ2) is 10.4. The minimum absolute atomic E-state index is 0.0453. The number of nitrogens with zero attached hydrogens (tertiary/aromatic N) is 3. The van der Waals surface area contributed by atoms with Crippen LogP contribution in [0.2, 0.25) is 0 Å². The summed E-state index contributed by atoms with van der Waals surface area (Å²) in [5, 5.41) is 0. The molecule has 0 aliphatic carbocycles. The molecular weight excluding hydrogens is 408 g/mol. The Hall–Kier alpha value is -2.66. The molecule has 0 aromatic heterocycles. The molecule has 5 N–H and O–H groups in total. The maximum absolute atomic E-state index is 13.1. The average molecular weight is 439 g/mol. The number of aliphatic imine (C=N–C) groups is 1. The molecule has 0 saturated carbocycles. The predicted octanol–water partition coefficient (Wildman–Crippen LogP) is -0.614. The lowest BCUT2D eigenvalue weighted by molar-refractivity contribution is -0.139. The number of carbonyl (C=O) groups is 2. The maximum Gasteiger partial charge on any atom is 0.241 e. The van der Waals surface area contributed by atoms with Crippen molar-refractivity contribution in [3.05, 3.63) is 29.8 Å². The molecule has 11 heteroatoms. The third-order valence-electron chi connectivity index (χ3n) is 4.88. The van der Waals surface area contributed by atoms with Crippen LogP contribution in [-0.4, -0.2) is 74.8 Å². The van der Waals surface area contributed by atoms with Gasteiger partial charge < -0.3 is 21.3 Å². The molecule has 1 aromatic rings. The monoisotopic (exact) mass is 438 g/mol. The molecule has 10 nitrogen and oxygen atoms in total. The van der Waals surface area contributed by atoms with Crippen LogP contribution in [0.4, 0.5) is 0 Å².